The Morgan fingerprint density at radius 2 is 2.14 bits per heavy atom. The summed E-state index contributed by atoms with van der Waals surface area (Å²) in [6, 6.07) is 3.57. The fourth-order valence-corrected chi connectivity index (χ4v) is 1.77. The third-order valence-corrected chi connectivity index (χ3v) is 2.86. The van der Waals surface area contributed by atoms with Gasteiger partial charge in [0.2, 0.25) is 0 Å². The monoisotopic (exact) mass is 288 g/mol. The SMILES string of the molecule is CCCNc1ccc(C(=O)NCCc2ncn(C)n2)cn1. The van der Waals surface area contributed by atoms with Gasteiger partial charge in [-0.1, -0.05) is 6.92 Å². The number of hydrogen-bond donors (Lipinski definition) is 2. The average Bonchev–Trinajstić information content (AvgIpc) is 2.91. The van der Waals surface area contributed by atoms with Gasteiger partial charge in [-0.25, -0.2) is 9.97 Å². The van der Waals surface area contributed by atoms with Gasteiger partial charge in [0.15, 0.2) is 5.82 Å². The van der Waals surface area contributed by atoms with Gasteiger partial charge in [0.1, 0.15) is 12.1 Å². The van der Waals surface area contributed by atoms with E-state index in [9.17, 15) is 4.79 Å². The van der Waals surface area contributed by atoms with Crippen molar-refractivity contribution in [3.8, 4) is 0 Å². The lowest BCUT2D eigenvalue weighted by molar-refractivity contribution is 0.0953. The van der Waals surface area contributed by atoms with Crippen LogP contribution in [0.1, 0.15) is 29.5 Å². The summed E-state index contributed by atoms with van der Waals surface area (Å²) in [6.07, 6.45) is 4.86. The van der Waals surface area contributed by atoms with Gasteiger partial charge in [-0.05, 0) is 18.6 Å². The molecule has 0 unspecified atom stereocenters. The highest BCUT2D eigenvalue weighted by Crippen LogP contribution is 2.05. The molecule has 0 aliphatic heterocycles. The first-order chi connectivity index (χ1) is 10.2. The molecule has 0 aromatic carbocycles. The molecule has 112 valence electrons. The molecule has 7 heteroatoms. The van der Waals surface area contributed by atoms with Crippen LogP contribution >= 0.6 is 0 Å². The van der Waals surface area contributed by atoms with Crippen LogP contribution in [0, 0.1) is 0 Å². The predicted octanol–water partition coefficient (Wildman–Crippen LogP) is 1.00. The first-order valence-electron chi connectivity index (χ1n) is 7.01. The number of rotatable bonds is 7. The second-order valence-electron chi connectivity index (χ2n) is 4.70. The van der Waals surface area contributed by atoms with Crippen LogP contribution in [0.4, 0.5) is 5.82 Å². The summed E-state index contributed by atoms with van der Waals surface area (Å²) in [6.45, 7) is 3.46. The highest BCUT2D eigenvalue weighted by molar-refractivity contribution is 5.94. The quantitative estimate of drug-likeness (QED) is 0.794. The van der Waals surface area contributed by atoms with Crippen molar-refractivity contribution in [2.75, 3.05) is 18.4 Å². The minimum atomic E-state index is -0.138. The van der Waals surface area contributed by atoms with Crippen LogP contribution in [-0.2, 0) is 13.5 Å². The van der Waals surface area contributed by atoms with Gasteiger partial charge in [0.25, 0.3) is 5.91 Å². The molecule has 0 spiro atoms. The van der Waals surface area contributed by atoms with E-state index >= 15 is 0 Å². The van der Waals surface area contributed by atoms with Crippen LogP contribution in [0.25, 0.3) is 0 Å². The molecule has 7 nitrogen and oxygen atoms in total. The van der Waals surface area contributed by atoms with Gasteiger partial charge in [-0.2, -0.15) is 5.10 Å². The number of carbonyl (C=O) groups excluding carboxylic acids is 1. The number of amides is 1. The Kier molecular flexibility index (Phi) is 5.25. The number of nitrogens with zero attached hydrogens (tertiary/aromatic N) is 4. The molecular weight excluding hydrogens is 268 g/mol. The number of pyridine rings is 1. The Labute approximate surface area is 123 Å². The van der Waals surface area contributed by atoms with E-state index in [0.717, 1.165) is 24.6 Å². The number of aromatic nitrogens is 4. The van der Waals surface area contributed by atoms with E-state index in [-0.39, 0.29) is 5.91 Å². The molecule has 2 aromatic rings. The minimum Gasteiger partial charge on any atom is -0.370 e. The summed E-state index contributed by atoms with van der Waals surface area (Å²) in [5, 5.41) is 10.2. The Bertz CT molecular complexity index is 577. The van der Waals surface area contributed by atoms with Crippen molar-refractivity contribution in [3.63, 3.8) is 0 Å². The average molecular weight is 288 g/mol. The summed E-state index contributed by atoms with van der Waals surface area (Å²) in [7, 11) is 1.81. The Hall–Kier alpha value is -2.44. The Morgan fingerprint density at radius 1 is 1.29 bits per heavy atom. The van der Waals surface area contributed by atoms with Crippen LogP contribution in [0.5, 0.6) is 0 Å². The summed E-state index contributed by atoms with van der Waals surface area (Å²) < 4.78 is 1.64. The third-order valence-electron chi connectivity index (χ3n) is 2.86. The lowest BCUT2D eigenvalue weighted by Gasteiger charge is -2.06. The molecule has 2 rings (SSSR count). The first kappa shape index (κ1) is 15.0. The molecule has 1 amide bonds. The van der Waals surface area contributed by atoms with Gasteiger partial charge in [0.05, 0.1) is 5.56 Å². The lowest BCUT2D eigenvalue weighted by atomic mass is 10.2. The highest BCUT2D eigenvalue weighted by atomic mass is 16.1. The number of anilines is 1. The molecule has 21 heavy (non-hydrogen) atoms. The molecule has 0 aliphatic carbocycles. The van der Waals surface area contributed by atoms with E-state index < -0.39 is 0 Å². The topological polar surface area (TPSA) is 84.7 Å². The standard InChI is InChI=1S/C14H20N6O/c1-3-7-15-12-5-4-11(9-17-12)14(21)16-8-6-13-18-10-20(2)19-13/h4-5,9-10H,3,6-8H2,1-2H3,(H,15,17)(H,16,21). The van der Waals surface area contributed by atoms with Gasteiger partial charge in [-0.3, -0.25) is 9.48 Å². The fourth-order valence-electron chi connectivity index (χ4n) is 1.77. The molecule has 0 aliphatic rings. The number of hydrogen-bond acceptors (Lipinski definition) is 5. The van der Waals surface area contributed by atoms with E-state index in [0.29, 0.717) is 18.5 Å². The molecule has 0 saturated carbocycles. The van der Waals surface area contributed by atoms with E-state index in [1.54, 1.807) is 23.3 Å². The lowest BCUT2D eigenvalue weighted by Crippen LogP contribution is -2.26. The van der Waals surface area contributed by atoms with Crippen molar-refractivity contribution in [2.24, 2.45) is 7.05 Å². The second-order valence-corrected chi connectivity index (χ2v) is 4.70. The van der Waals surface area contributed by atoms with Gasteiger partial charge >= 0.3 is 0 Å². The molecule has 2 heterocycles. The summed E-state index contributed by atoms with van der Waals surface area (Å²) in [5.74, 6) is 1.36. The van der Waals surface area contributed by atoms with E-state index in [1.807, 2.05) is 13.1 Å². The van der Waals surface area contributed by atoms with Crippen LogP contribution < -0.4 is 10.6 Å². The smallest absolute Gasteiger partial charge is 0.252 e. The zero-order valence-corrected chi connectivity index (χ0v) is 12.3. The van der Waals surface area contributed by atoms with Crippen LogP contribution in [0.2, 0.25) is 0 Å². The summed E-state index contributed by atoms with van der Waals surface area (Å²) in [4.78, 5) is 20.3. The Balaban J connectivity index is 1.79. The summed E-state index contributed by atoms with van der Waals surface area (Å²) in [5.41, 5.74) is 0.547. The zero-order valence-electron chi connectivity index (χ0n) is 12.3. The molecule has 2 aromatic heterocycles. The van der Waals surface area contributed by atoms with Crippen molar-refractivity contribution in [3.05, 3.63) is 36.0 Å². The molecule has 0 saturated heterocycles. The van der Waals surface area contributed by atoms with Gasteiger partial charge < -0.3 is 10.6 Å². The maximum Gasteiger partial charge on any atom is 0.252 e. The van der Waals surface area contributed by atoms with Crippen LogP contribution in [-0.4, -0.2) is 38.7 Å². The van der Waals surface area contributed by atoms with Crippen molar-refractivity contribution >= 4 is 11.7 Å². The van der Waals surface area contributed by atoms with E-state index in [1.165, 1.54) is 0 Å². The van der Waals surface area contributed by atoms with E-state index in [4.69, 9.17) is 0 Å². The highest BCUT2D eigenvalue weighted by Gasteiger charge is 2.06. The van der Waals surface area contributed by atoms with Crippen LogP contribution in [0.15, 0.2) is 24.7 Å². The predicted molar refractivity (Wildman–Crippen MR) is 80.1 cm³/mol. The minimum absolute atomic E-state index is 0.138. The second kappa shape index (κ2) is 7.37. The number of carbonyl (C=O) groups is 1. The Morgan fingerprint density at radius 3 is 2.76 bits per heavy atom. The largest absolute Gasteiger partial charge is 0.370 e. The zero-order chi connectivity index (χ0) is 15.1. The third kappa shape index (κ3) is 4.55. The van der Waals surface area contributed by atoms with Crippen molar-refractivity contribution in [1.82, 2.24) is 25.1 Å². The van der Waals surface area contributed by atoms with Crippen molar-refractivity contribution in [1.29, 1.82) is 0 Å². The molecular formula is C14H20N6O. The molecule has 0 radical (unpaired) electrons. The molecule has 0 fully saturated rings. The van der Waals surface area contributed by atoms with Crippen molar-refractivity contribution < 1.29 is 4.79 Å². The fraction of sp³-hybridized carbons (Fsp3) is 0.429. The normalized spacial score (nSPS) is 10.4. The van der Waals surface area contributed by atoms with E-state index in [2.05, 4.69) is 32.6 Å². The maximum absolute atomic E-state index is 11.9. The maximum atomic E-state index is 11.9. The molecule has 0 atom stereocenters. The van der Waals surface area contributed by atoms with Gasteiger partial charge in [-0.15, -0.1) is 0 Å². The van der Waals surface area contributed by atoms with Crippen LogP contribution in [0.3, 0.4) is 0 Å². The number of nitrogens with one attached hydrogen (secondary N) is 2. The summed E-state index contributed by atoms with van der Waals surface area (Å²) >= 11 is 0. The molecule has 0 bridgehead atoms. The first-order valence-corrected chi connectivity index (χ1v) is 7.01. The van der Waals surface area contributed by atoms with Gasteiger partial charge in [0, 0.05) is 32.8 Å². The molecule has 2 N–H and O–H groups in total. The van der Waals surface area contributed by atoms with Crippen molar-refractivity contribution in [2.45, 2.75) is 19.8 Å². The number of aryl methyl sites for hydroxylation is 1.